The second-order valence-corrected chi connectivity index (χ2v) is 10.7. The molecule has 0 heterocycles. The first-order valence-corrected chi connectivity index (χ1v) is 13.7. The number of hydrogen-bond donors (Lipinski definition) is 1. The molecule has 0 aliphatic rings. The third kappa shape index (κ3) is 7.33. The number of amides is 2. The molecule has 8 nitrogen and oxygen atoms in total. The summed E-state index contributed by atoms with van der Waals surface area (Å²) in [5.74, 6) is -0.535. The van der Waals surface area contributed by atoms with Crippen LogP contribution in [0.25, 0.3) is 0 Å². The second-order valence-electron chi connectivity index (χ2n) is 8.77. The molecule has 3 aromatic carbocycles. The summed E-state index contributed by atoms with van der Waals surface area (Å²) in [6.45, 7) is 1.60. The zero-order chi connectivity index (χ0) is 27.0. The lowest BCUT2D eigenvalue weighted by Gasteiger charge is -2.33. The first-order chi connectivity index (χ1) is 17.6. The Morgan fingerprint density at radius 1 is 0.919 bits per heavy atom. The van der Waals surface area contributed by atoms with Crippen LogP contribution >= 0.6 is 0 Å². The van der Waals surface area contributed by atoms with E-state index in [2.05, 4.69) is 5.32 Å². The molecule has 3 aromatic rings. The lowest BCUT2D eigenvalue weighted by Crippen LogP contribution is -2.52. The molecule has 1 unspecified atom stereocenters. The van der Waals surface area contributed by atoms with Gasteiger partial charge in [0.1, 0.15) is 18.3 Å². The molecule has 1 N–H and O–H groups in total. The van der Waals surface area contributed by atoms with E-state index in [-0.39, 0.29) is 24.6 Å². The molecule has 0 saturated carbocycles. The van der Waals surface area contributed by atoms with Crippen LogP contribution in [0.1, 0.15) is 16.7 Å². The van der Waals surface area contributed by atoms with E-state index in [0.717, 1.165) is 27.3 Å². The number of nitrogens with one attached hydrogen (secondary N) is 1. The largest absolute Gasteiger partial charge is 0.495 e. The quantitative estimate of drug-likeness (QED) is 0.417. The number of carbonyl (C=O) groups excluding carboxylic acids is 2. The number of likely N-dealkylation sites (N-methyl/N-ethyl adjacent to an activating group) is 1. The van der Waals surface area contributed by atoms with Gasteiger partial charge in [-0.25, -0.2) is 8.42 Å². The first-order valence-electron chi connectivity index (χ1n) is 11.8. The standard InChI is InChI=1S/C28H33N3O5S/c1-21-14-16-23(17-15-21)19-30(25(28(33)29-2)18-22-10-6-5-7-11-22)27(32)20-31(37(4,34)35)24-12-8-9-13-26(24)36-3/h5-17,25H,18-20H2,1-4H3,(H,29,33). The highest BCUT2D eigenvalue weighted by molar-refractivity contribution is 7.92. The Morgan fingerprint density at radius 2 is 1.54 bits per heavy atom. The minimum atomic E-state index is -3.86. The van der Waals surface area contributed by atoms with Crippen LogP contribution < -0.4 is 14.4 Å². The van der Waals surface area contributed by atoms with Crippen molar-refractivity contribution in [2.45, 2.75) is 25.9 Å². The predicted octanol–water partition coefficient (Wildman–Crippen LogP) is 3.16. The van der Waals surface area contributed by atoms with Crippen LogP contribution in [-0.2, 0) is 32.6 Å². The minimum absolute atomic E-state index is 0.133. The summed E-state index contributed by atoms with van der Waals surface area (Å²) in [5, 5.41) is 2.66. The lowest BCUT2D eigenvalue weighted by atomic mass is 10.0. The van der Waals surface area contributed by atoms with Gasteiger partial charge < -0.3 is 15.0 Å². The van der Waals surface area contributed by atoms with Gasteiger partial charge in [0.05, 0.1) is 19.1 Å². The average molecular weight is 524 g/mol. The Morgan fingerprint density at radius 3 is 2.14 bits per heavy atom. The fraction of sp³-hybridized carbons (Fsp3) is 0.286. The number of sulfonamides is 1. The molecule has 0 spiro atoms. The summed E-state index contributed by atoms with van der Waals surface area (Å²) in [6, 6.07) is 22.8. The molecule has 9 heteroatoms. The van der Waals surface area contributed by atoms with Gasteiger partial charge in [-0.1, -0.05) is 72.3 Å². The van der Waals surface area contributed by atoms with Crippen molar-refractivity contribution >= 4 is 27.5 Å². The van der Waals surface area contributed by atoms with Crippen LogP contribution in [0.15, 0.2) is 78.9 Å². The van der Waals surface area contributed by atoms with Crippen molar-refractivity contribution in [2.24, 2.45) is 0 Å². The van der Waals surface area contributed by atoms with Crippen molar-refractivity contribution < 1.29 is 22.7 Å². The zero-order valence-corrected chi connectivity index (χ0v) is 22.4. The van der Waals surface area contributed by atoms with Gasteiger partial charge in [-0.2, -0.15) is 0 Å². The predicted molar refractivity (Wildman–Crippen MR) is 145 cm³/mol. The molecule has 0 radical (unpaired) electrons. The van der Waals surface area contributed by atoms with Crippen molar-refractivity contribution in [3.63, 3.8) is 0 Å². The molecule has 196 valence electrons. The molecular weight excluding hydrogens is 490 g/mol. The maximum atomic E-state index is 13.9. The number of nitrogens with zero attached hydrogens (tertiary/aromatic N) is 2. The molecule has 0 bridgehead atoms. The summed E-state index contributed by atoms with van der Waals surface area (Å²) in [5.41, 5.74) is 3.01. The molecule has 2 amide bonds. The number of ether oxygens (including phenoxy) is 1. The minimum Gasteiger partial charge on any atom is -0.495 e. The number of hydrogen-bond acceptors (Lipinski definition) is 5. The monoisotopic (exact) mass is 523 g/mol. The molecule has 0 aliphatic carbocycles. The summed E-state index contributed by atoms with van der Waals surface area (Å²) >= 11 is 0. The molecule has 0 aromatic heterocycles. The Labute approximate surface area is 218 Å². The van der Waals surface area contributed by atoms with Gasteiger partial charge in [0.2, 0.25) is 21.8 Å². The molecular formula is C28H33N3O5S. The van der Waals surface area contributed by atoms with Gasteiger partial charge in [-0.05, 0) is 30.2 Å². The van der Waals surface area contributed by atoms with E-state index in [0.29, 0.717) is 5.75 Å². The van der Waals surface area contributed by atoms with Crippen LogP contribution in [0, 0.1) is 6.92 Å². The first kappa shape index (κ1) is 27.7. The summed E-state index contributed by atoms with van der Waals surface area (Å²) in [7, 11) is -0.906. The second kappa shape index (κ2) is 12.4. The highest BCUT2D eigenvalue weighted by atomic mass is 32.2. The van der Waals surface area contributed by atoms with E-state index < -0.39 is 28.5 Å². The Balaban J connectivity index is 2.04. The van der Waals surface area contributed by atoms with Gasteiger partial charge in [-0.3, -0.25) is 13.9 Å². The summed E-state index contributed by atoms with van der Waals surface area (Å²) < 4.78 is 32.0. The summed E-state index contributed by atoms with van der Waals surface area (Å²) in [6.07, 6.45) is 1.31. The maximum Gasteiger partial charge on any atom is 0.244 e. The van der Waals surface area contributed by atoms with E-state index in [4.69, 9.17) is 4.74 Å². The molecule has 1 atom stereocenters. The maximum absolute atomic E-state index is 13.9. The highest BCUT2D eigenvalue weighted by Crippen LogP contribution is 2.29. The zero-order valence-electron chi connectivity index (χ0n) is 21.5. The van der Waals surface area contributed by atoms with Gasteiger partial charge in [0.25, 0.3) is 0 Å². The Bertz CT molecular complexity index is 1310. The van der Waals surface area contributed by atoms with Crippen molar-refractivity contribution in [1.29, 1.82) is 0 Å². The average Bonchev–Trinajstić information content (AvgIpc) is 2.89. The molecule has 0 saturated heterocycles. The van der Waals surface area contributed by atoms with Crippen LogP contribution in [-0.4, -0.2) is 58.1 Å². The number of aryl methyl sites for hydroxylation is 1. The smallest absolute Gasteiger partial charge is 0.244 e. The normalized spacial score (nSPS) is 11.9. The highest BCUT2D eigenvalue weighted by Gasteiger charge is 2.33. The van der Waals surface area contributed by atoms with Crippen molar-refractivity contribution in [1.82, 2.24) is 10.2 Å². The topological polar surface area (TPSA) is 96.0 Å². The Kier molecular flexibility index (Phi) is 9.30. The number of rotatable bonds is 11. The van der Waals surface area contributed by atoms with Crippen LogP contribution in [0.5, 0.6) is 5.75 Å². The van der Waals surface area contributed by atoms with Crippen LogP contribution in [0.3, 0.4) is 0 Å². The van der Waals surface area contributed by atoms with E-state index in [1.807, 2.05) is 61.5 Å². The number of methoxy groups -OCH3 is 1. The van der Waals surface area contributed by atoms with E-state index in [1.165, 1.54) is 19.1 Å². The Hall–Kier alpha value is -3.85. The number of carbonyl (C=O) groups is 2. The SMILES string of the molecule is CNC(=O)C(Cc1ccccc1)N(Cc1ccc(C)cc1)C(=O)CN(c1ccccc1OC)S(C)(=O)=O. The third-order valence-corrected chi connectivity index (χ3v) is 7.15. The molecule has 37 heavy (non-hydrogen) atoms. The van der Waals surface area contributed by atoms with Gasteiger partial charge in [-0.15, -0.1) is 0 Å². The van der Waals surface area contributed by atoms with Gasteiger partial charge in [0.15, 0.2) is 0 Å². The van der Waals surface area contributed by atoms with Crippen LogP contribution in [0.4, 0.5) is 5.69 Å². The molecule has 0 fully saturated rings. The van der Waals surface area contributed by atoms with Gasteiger partial charge in [0, 0.05) is 20.0 Å². The summed E-state index contributed by atoms with van der Waals surface area (Å²) in [4.78, 5) is 28.4. The van der Waals surface area contributed by atoms with E-state index in [9.17, 15) is 18.0 Å². The number of para-hydroxylation sites is 2. The van der Waals surface area contributed by atoms with Crippen molar-refractivity contribution in [2.75, 3.05) is 31.3 Å². The molecule has 0 aliphatic heterocycles. The lowest BCUT2D eigenvalue weighted by molar-refractivity contribution is -0.139. The molecule has 3 rings (SSSR count). The fourth-order valence-electron chi connectivity index (χ4n) is 4.04. The fourth-order valence-corrected chi connectivity index (χ4v) is 4.89. The number of benzene rings is 3. The van der Waals surface area contributed by atoms with Crippen molar-refractivity contribution in [3.05, 3.63) is 95.6 Å². The van der Waals surface area contributed by atoms with E-state index >= 15 is 0 Å². The van der Waals surface area contributed by atoms with Crippen molar-refractivity contribution in [3.8, 4) is 5.75 Å². The van der Waals surface area contributed by atoms with Crippen LogP contribution in [0.2, 0.25) is 0 Å². The van der Waals surface area contributed by atoms with E-state index in [1.54, 1.807) is 24.3 Å². The van der Waals surface area contributed by atoms with Gasteiger partial charge >= 0.3 is 0 Å². The third-order valence-electron chi connectivity index (χ3n) is 6.02. The number of anilines is 1.